The van der Waals surface area contributed by atoms with Crippen LogP contribution in [0.25, 0.3) is 0 Å². The first-order chi connectivity index (χ1) is 9.15. The maximum atomic E-state index is 12.4. The third kappa shape index (κ3) is 4.79. The molecule has 1 N–H and O–H groups in total. The van der Waals surface area contributed by atoms with E-state index in [0.29, 0.717) is 11.8 Å². The van der Waals surface area contributed by atoms with E-state index in [1.165, 1.54) is 19.3 Å². The fraction of sp³-hybridized carbons (Fsp3) is 0.938. The van der Waals surface area contributed by atoms with E-state index in [1.807, 2.05) is 0 Å². The van der Waals surface area contributed by atoms with Crippen LogP contribution in [0.5, 0.6) is 0 Å². The normalized spacial score (nSPS) is 25.9. The van der Waals surface area contributed by atoms with Gasteiger partial charge in [-0.25, -0.2) is 0 Å². The molecule has 0 radical (unpaired) electrons. The zero-order valence-corrected chi connectivity index (χ0v) is 12.5. The molecule has 1 heterocycles. The van der Waals surface area contributed by atoms with Gasteiger partial charge in [-0.3, -0.25) is 4.79 Å². The Morgan fingerprint density at radius 2 is 2.00 bits per heavy atom. The lowest BCUT2D eigenvalue weighted by Crippen LogP contribution is -2.26. The van der Waals surface area contributed by atoms with Crippen LogP contribution in [0.4, 0.5) is 0 Å². The molecule has 2 fully saturated rings. The third-order valence-corrected chi connectivity index (χ3v) is 4.45. The highest BCUT2D eigenvalue weighted by Crippen LogP contribution is 2.28. The Labute approximate surface area is 117 Å². The van der Waals surface area contributed by atoms with Gasteiger partial charge < -0.3 is 10.1 Å². The smallest absolute Gasteiger partial charge is 0.309 e. The van der Waals surface area contributed by atoms with Crippen LogP contribution in [0.15, 0.2) is 0 Å². The van der Waals surface area contributed by atoms with Gasteiger partial charge in [-0.15, -0.1) is 0 Å². The van der Waals surface area contributed by atoms with Gasteiger partial charge in [0.05, 0.1) is 5.92 Å². The quantitative estimate of drug-likeness (QED) is 0.751. The molecule has 0 aromatic rings. The van der Waals surface area contributed by atoms with Gasteiger partial charge in [0.15, 0.2) is 0 Å². The molecular weight excluding hydrogens is 238 g/mol. The summed E-state index contributed by atoms with van der Waals surface area (Å²) >= 11 is 0. The molecule has 0 aromatic heterocycles. The first kappa shape index (κ1) is 14.8. The van der Waals surface area contributed by atoms with Gasteiger partial charge in [0, 0.05) is 0 Å². The van der Waals surface area contributed by atoms with E-state index in [-0.39, 0.29) is 18.0 Å². The second-order valence-electron chi connectivity index (χ2n) is 6.76. The summed E-state index contributed by atoms with van der Waals surface area (Å²) in [5.41, 5.74) is 0. The van der Waals surface area contributed by atoms with E-state index in [9.17, 15) is 4.79 Å². The number of carbonyl (C=O) groups excluding carboxylic acids is 1. The Balaban J connectivity index is 1.84. The van der Waals surface area contributed by atoms with Crippen molar-refractivity contribution < 1.29 is 9.53 Å². The lowest BCUT2D eigenvalue weighted by Gasteiger charge is -2.22. The summed E-state index contributed by atoms with van der Waals surface area (Å²) in [6.07, 6.45) is 8.00. The summed E-state index contributed by atoms with van der Waals surface area (Å²) in [5, 5.41) is 3.39. The average Bonchev–Trinajstić information content (AvgIpc) is 3.00. The van der Waals surface area contributed by atoms with Gasteiger partial charge in [0.25, 0.3) is 0 Å². The predicted octanol–water partition coefficient (Wildman–Crippen LogP) is 3.13. The molecule has 0 bridgehead atoms. The first-order valence-electron chi connectivity index (χ1n) is 8.06. The van der Waals surface area contributed by atoms with Gasteiger partial charge in [0.2, 0.25) is 0 Å². The highest BCUT2D eigenvalue weighted by molar-refractivity contribution is 5.72. The Kier molecular flexibility index (Phi) is 5.68. The molecule has 110 valence electrons. The van der Waals surface area contributed by atoms with Crippen LogP contribution in [0.1, 0.15) is 58.8 Å². The lowest BCUT2D eigenvalue weighted by molar-refractivity contribution is -0.155. The van der Waals surface area contributed by atoms with E-state index in [2.05, 4.69) is 19.2 Å². The van der Waals surface area contributed by atoms with Crippen LogP contribution < -0.4 is 5.32 Å². The van der Waals surface area contributed by atoms with Crippen molar-refractivity contribution >= 4 is 5.97 Å². The van der Waals surface area contributed by atoms with Gasteiger partial charge in [0.1, 0.15) is 6.10 Å². The number of ether oxygens (including phenoxy) is 1. The van der Waals surface area contributed by atoms with E-state index < -0.39 is 0 Å². The predicted molar refractivity (Wildman–Crippen MR) is 76.9 cm³/mol. The molecule has 3 heteroatoms. The Morgan fingerprint density at radius 3 is 2.58 bits per heavy atom. The van der Waals surface area contributed by atoms with Crippen LogP contribution in [-0.4, -0.2) is 25.2 Å². The monoisotopic (exact) mass is 267 g/mol. The molecule has 0 spiro atoms. The number of hydrogen-bond donors (Lipinski definition) is 1. The number of carbonyl (C=O) groups is 1. The second kappa shape index (κ2) is 7.28. The van der Waals surface area contributed by atoms with Gasteiger partial charge in [-0.2, -0.15) is 0 Å². The van der Waals surface area contributed by atoms with Crippen molar-refractivity contribution in [1.29, 1.82) is 0 Å². The van der Waals surface area contributed by atoms with Crippen molar-refractivity contribution in [2.45, 2.75) is 64.9 Å². The molecule has 1 saturated heterocycles. The summed E-state index contributed by atoms with van der Waals surface area (Å²) in [4.78, 5) is 12.4. The Morgan fingerprint density at radius 1 is 1.26 bits per heavy atom. The number of rotatable bonds is 6. The molecule has 0 amide bonds. The van der Waals surface area contributed by atoms with Crippen molar-refractivity contribution in [2.75, 3.05) is 13.1 Å². The molecule has 19 heavy (non-hydrogen) atoms. The zero-order valence-electron chi connectivity index (χ0n) is 12.5. The molecule has 2 rings (SSSR count). The molecule has 1 aliphatic heterocycles. The summed E-state index contributed by atoms with van der Waals surface area (Å²) in [7, 11) is 0. The van der Waals surface area contributed by atoms with Gasteiger partial charge in [-0.1, -0.05) is 13.8 Å². The number of nitrogens with one attached hydrogen (secondary N) is 1. The van der Waals surface area contributed by atoms with Crippen LogP contribution in [0.3, 0.4) is 0 Å². The highest BCUT2D eigenvalue weighted by atomic mass is 16.5. The summed E-state index contributed by atoms with van der Waals surface area (Å²) in [5.74, 6) is 1.42. The lowest BCUT2D eigenvalue weighted by atomic mass is 9.87. The average molecular weight is 267 g/mol. The SMILES string of the molecule is CC(C)C[C@H](CC1CCNC1)C(=O)OC1CCCC1. The van der Waals surface area contributed by atoms with E-state index in [1.54, 1.807) is 0 Å². The molecule has 0 aromatic carbocycles. The van der Waals surface area contributed by atoms with Crippen molar-refractivity contribution in [3.63, 3.8) is 0 Å². The standard InChI is InChI=1S/C16H29NO2/c1-12(2)9-14(10-13-7-8-17-11-13)16(18)19-15-5-3-4-6-15/h12-15,17H,3-11H2,1-2H3/t13?,14-/m1/s1. The van der Waals surface area contributed by atoms with Crippen LogP contribution >= 0.6 is 0 Å². The molecule has 1 unspecified atom stereocenters. The van der Waals surface area contributed by atoms with Crippen LogP contribution in [-0.2, 0) is 9.53 Å². The fourth-order valence-corrected chi connectivity index (χ4v) is 3.44. The zero-order chi connectivity index (χ0) is 13.7. The van der Waals surface area contributed by atoms with Crippen molar-refractivity contribution in [3.8, 4) is 0 Å². The van der Waals surface area contributed by atoms with Gasteiger partial charge >= 0.3 is 5.97 Å². The molecule has 2 atom stereocenters. The molecule has 1 aliphatic carbocycles. The second-order valence-corrected chi connectivity index (χ2v) is 6.76. The molecule has 2 aliphatic rings. The summed E-state index contributed by atoms with van der Waals surface area (Å²) in [6, 6.07) is 0. The molecule has 3 nitrogen and oxygen atoms in total. The van der Waals surface area contributed by atoms with Crippen LogP contribution in [0.2, 0.25) is 0 Å². The maximum Gasteiger partial charge on any atom is 0.309 e. The third-order valence-electron chi connectivity index (χ3n) is 4.45. The van der Waals surface area contributed by atoms with E-state index >= 15 is 0 Å². The van der Waals surface area contributed by atoms with E-state index in [0.717, 1.165) is 38.8 Å². The number of hydrogen-bond acceptors (Lipinski definition) is 3. The minimum atomic E-state index is 0.0764. The minimum absolute atomic E-state index is 0.0764. The van der Waals surface area contributed by atoms with Gasteiger partial charge in [-0.05, 0) is 69.9 Å². The van der Waals surface area contributed by atoms with E-state index in [4.69, 9.17) is 4.74 Å². The molecule has 1 saturated carbocycles. The van der Waals surface area contributed by atoms with Crippen molar-refractivity contribution in [3.05, 3.63) is 0 Å². The van der Waals surface area contributed by atoms with Crippen molar-refractivity contribution in [1.82, 2.24) is 5.32 Å². The maximum absolute atomic E-state index is 12.4. The topological polar surface area (TPSA) is 38.3 Å². The number of esters is 1. The minimum Gasteiger partial charge on any atom is -0.462 e. The Hall–Kier alpha value is -0.570. The highest BCUT2D eigenvalue weighted by Gasteiger charge is 2.29. The van der Waals surface area contributed by atoms with Crippen molar-refractivity contribution in [2.24, 2.45) is 17.8 Å². The first-order valence-corrected chi connectivity index (χ1v) is 8.06. The molecular formula is C16H29NO2. The largest absolute Gasteiger partial charge is 0.462 e. The summed E-state index contributed by atoms with van der Waals surface area (Å²) < 4.78 is 5.73. The Bertz CT molecular complexity index is 278. The fourth-order valence-electron chi connectivity index (χ4n) is 3.44. The summed E-state index contributed by atoms with van der Waals surface area (Å²) in [6.45, 7) is 6.58. The van der Waals surface area contributed by atoms with Crippen LogP contribution in [0, 0.1) is 17.8 Å².